The van der Waals surface area contributed by atoms with E-state index in [0.717, 1.165) is 12.5 Å². The van der Waals surface area contributed by atoms with Crippen LogP contribution in [0.2, 0.25) is 0 Å². The third kappa shape index (κ3) is 36.5. The number of ether oxygens (including phenoxy) is 4. The van der Waals surface area contributed by atoms with Crippen molar-refractivity contribution in [3.05, 3.63) is 12.7 Å². The fraction of sp³-hybridized carbons (Fsp3) is 0.708. The van der Waals surface area contributed by atoms with E-state index < -0.39 is 85.3 Å². The van der Waals surface area contributed by atoms with Crippen LogP contribution in [0.25, 0.3) is 0 Å². The van der Waals surface area contributed by atoms with Crippen molar-refractivity contribution in [3.8, 4) is 0 Å². The third-order valence-corrected chi connectivity index (χ3v) is 6.88. The molecule has 0 spiro atoms. The SMILES string of the molecule is C=CCS(=O)ONC(C)C(=O)OC.CCS(=O)ONC(C)C(=O)OC.COC(=O)C(C)N.COC(=O)C(C)NOS(=O)C/C=N\NS(C)(=O)=O. The summed E-state index contributed by atoms with van der Waals surface area (Å²) in [6.45, 7) is 11.2. The first-order valence-corrected chi connectivity index (χ1v) is 19.4. The van der Waals surface area contributed by atoms with Gasteiger partial charge in [0.25, 0.3) is 0 Å². The van der Waals surface area contributed by atoms with Crippen LogP contribution in [-0.2, 0) is 94.2 Å². The summed E-state index contributed by atoms with van der Waals surface area (Å²) in [5.41, 5.74) is 11.9. The van der Waals surface area contributed by atoms with Crippen molar-refractivity contribution >= 4 is 73.4 Å². The van der Waals surface area contributed by atoms with Gasteiger partial charge in [-0.3, -0.25) is 19.2 Å². The van der Waals surface area contributed by atoms with Gasteiger partial charge in [0, 0.05) is 12.0 Å². The van der Waals surface area contributed by atoms with Gasteiger partial charge in [-0.25, -0.2) is 25.9 Å². The Morgan fingerprint density at radius 1 is 0.720 bits per heavy atom. The number of hydrogen-bond acceptors (Lipinski definition) is 21. The van der Waals surface area contributed by atoms with Crippen LogP contribution in [0.15, 0.2) is 17.8 Å². The Balaban J connectivity index is -0.000000295. The highest BCUT2D eigenvalue weighted by molar-refractivity contribution is 7.88. The molecule has 0 heterocycles. The molecule has 0 bridgehead atoms. The van der Waals surface area contributed by atoms with Crippen LogP contribution in [0.1, 0.15) is 34.6 Å². The molecule has 7 atom stereocenters. The van der Waals surface area contributed by atoms with Gasteiger partial charge in [0.1, 0.15) is 24.2 Å². The zero-order valence-electron chi connectivity index (χ0n) is 29.5. The van der Waals surface area contributed by atoms with E-state index in [4.69, 9.17) is 5.73 Å². The molecule has 7 unspecified atom stereocenters. The van der Waals surface area contributed by atoms with E-state index in [2.05, 4.69) is 59.9 Å². The molecule has 0 saturated carbocycles. The van der Waals surface area contributed by atoms with E-state index in [1.54, 1.807) is 20.8 Å². The Morgan fingerprint density at radius 3 is 1.32 bits per heavy atom. The van der Waals surface area contributed by atoms with Crippen LogP contribution in [0.4, 0.5) is 0 Å². The minimum absolute atomic E-state index is 0.149. The standard InChI is InChI=1S/C7H15N3O6S2.C7H13NO4S.C6H13NO4S.C4H9NO2/c1-6(7(11)15-2)9-16-17(12)5-4-8-10-18(3,13)14;1-4-5-13(10)12-8-6(2)7(9)11-3;1-4-12(9)11-7-5(2)6(8)10-3;1-3(5)4(6)7-2/h4,6,9-10H,5H2,1-3H3;4,6,8H,1,5H2,2-3H3;5,7H,4H2,1-3H3;3H,5H2,1-2H3/b8-4-;;;. The highest BCUT2D eigenvalue weighted by atomic mass is 32.2. The van der Waals surface area contributed by atoms with Gasteiger partial charge in [-0.15, -0.1) is 6.58 Å². The van der Waals surface area contributed by atoms with E-state index in [9.17, 15) is 40.2 Å². The quantitative estimate of drug-likeness (QED) is 0.0278. The molecular weight excluding hydrogens is 757 g/mol. The predicted octanol–water partition coefficient (Wildman–Crippen LogP) is -2.55. The van der Waals surface area contributed by atoms with Crippen LogP contribution in [0.3, 0.4) is 0 Å². The second-order valence-corrected chi connectivity index (χ2v) is 13.9. The highest BCUT2D eigenvalue weighted by Crippen LogP contribution is 1.91. The number of methoxy groups -OCH3 is 4. The molecule has 0 aliphatic carbocycles. The molecule has 26 heteroatoms. The molecular formula is C24H50N6O16S4. The second kappa shape index (κ2) is 33.4. The van der Waals surface area contributed by atoms with Gasteiger partial charge < -0.3 is 24.7 Å². The topological polar surface area (TPSA) is 305 Å². The smallest absolute Gasteiger partial charge is 0.324 e. The Labute approximate surface area is 300 Å². The zero-order chi connectivity index (χ0) is 39.9. The monoisotopic (exact) mass is 806 g/mol. The van der Waals surface area contributed by atoms with Crippen LogP contribution in [-0.4, -0.2) is 127 Å². The maximum atomic E-state index is 11.2. The number of sulfonamides is 1. The molecule has 50 heavy (non-hydrogen) atoms. The molecule has 0 amide bonds. The van der Waals surface area contributed by atoms with Gasteiger partial charge in [-0.2, -0.15) is 34.4 Å². The van der Waals surface area contributed by atoms with Gasteiger partial charge >= 0.3 is 23.9 Å². The Kier molecular flexibility index (Phi) is 36.0. The van der Waals surface area contributed by atoms with Gasteiger partial charge in [0.15, 0.2) is 33.2 Å². The first-order valence-electron chi connectivity index (χ1n) is 13.8. The summed E-state index contributed by atoms with van der Waals surface area (Å²) in [6.07, 6.45) is 3.46. The van der Waals surface area contributed by atoms with Crippen molar-refractivity contribution in [2.24, 2.45) is 10.8 Å². The molecule has 0 fully saturated rings. The minimum Gasteiger partial charge on any atom is -0.468 e. The number of nitrogens with zero attached hydrogens (tertiary/aromatic N) is 1. The molecule has 0 aromatic rings. The number of esters is 4. The maximum absolute atomic E-state index is 11.2. The molecule has 6 N–H and O–H groups in total. The summed E-state index contributed by atoms with van der Waals surface area (Å²) in [6, 6.07) is -2.51. The number of nitrogens with two attached hydrogens (primary N) is 1. The number of hydroxylamine groups is 3. The fourth-order valence-electron chi connectivity index (χ4n) is 1.69. The van der Waals surface area contributed by atoms with Crippen molar-refractivity contribution in [2.45, 2.75) is 58.8 Å². The Bertz CT molecular complexity index is 1210. The minimum atomic E-state index is -3.43. The number of nitrogens with one attached hydrogen (secondary N) is 4. The average Bonchev–Trinajstić information content (AvgIpc) is 3.08. The van der Waals surface area contributed by atoms with Gasteiger partial charge in [-0.05, 0) is 27.7 Å². The Morgan fingerprint density at radius 2 is 1.06 bits per heavy atom. The lowest BCUT2D eigenvalue weighted by Crippen LogP contribution is -2.35. The van der Waals surface area contributed by atoms with E-state index in [-0.39, 0.29) is 17.5 Å². The van der Waals surface area contributed by atoms with Crippen molar-refractivity contribution in [1.82, 2.24) is 21.3 Å². The number of carbonyl (C=O) groups is 4. The molecule has 296 valence electrons. The van der Waals surface area contributed by atoms with Gasteiger partial charge in [-0.1, -0.05) is 13.0 Å². The van der Waals surface area contributed by atoms with E-state index in [1.807, 2.05) is 4.83 Å². The summed E-state index contributed by atoms with van der Waals surface area (Å²) in [5, 5.41) is 3.31. The van der Waals surface area contributed by atoms with Crippen LogP contribution in [0, 0.1) is 0 Å². The van der Waals surface area contributed by atoms with Gasteiger partial charge in [0.05, 0.1) is 46.2 Å². The van der Waals surface area contributed by atoms with Crippen molar-refractivity contribution < 1.29 is 72.0 Å². The van der Waals surface area contributed by atoms with E-state index in [0.29, 0.717) is 5.75 Å². The molecule has 0 saturated heterocycles. The largest absolute Gasteiger partial charge is 0.468 e. The highest BCUT2D eigenvalue weighted by Gasteiger charge is 2.15. The summed E-state index contributed by atoms with van der Waals surface area (Å²) < 4.78 is 85.2. The van der Waals surface area contributed by atoms with Crippen LogP contribution >= 0.6 is 0 Å². The van der Waals surface area contributed by atoms with Crippen LogP contribution in [0.5, 0.6) is 0 Å². The maximum Gasteiger partial charge on any atom is 0.324 e. The molecule has 0 aromatic carbocycles. The van der Waals surface area contributed by atoms with Crippen molar-refractivity contribution in [2.75, 3.05) is 52.0 Å². The summed E-state index contributed by atoms with van der Waals surface area (Å²) in [5.74, 6) is -1.44. The van der Waals surface area contributed by atoms with Crippen molar-refractivity contribution in [1.29, 1.82) is 0 Å². The summed E-state index contributed by atoms with van der Waals surface area (Å²) in [4.78, 5) is 44.5. The molecule has 0 radical (unpaired) electrons. The lowest BCUT2D eigenvalue weighted by atomic mass is 10.4. The van der Waals surface area contributed by atoms with E-state index in [1.165, 1.54) is 48.4 Å². The third-order valence-electron chi connectivity index (χ3n) is 4.20. The number of rotatable bonds is 20. The summed E-state index contributed by atoms with van der Waals surface area (Å²) >= 11 is -4.67. The first-order chi connectivity index (χ1) is 23.2. The molecule has 0 rings (SSSR count). The lowest BCUT2D eigenvalue weighted by Gasteiger charge is -2.09. The predicted molar refractivity (Wildman–Crippen MR) is 184 cm³/mol. The normalized spacial score (nSPS) is 14.8. The molecule has 0 aliphatic heterocycles. The van der Waals surface area contributed by atoms with Crippen LogP contribution < -0.4 is 27.0 Å². The molecule has 0 aliphatic rings. The second-order valence-electron chi connectivity index (χ2n) is 8.65. The lowest BCUT2D eigenvalue weighted by molar-refractivity contribution is -0.145. The van der Waals surface area contributed by atoms with Crippen molar-refractivity contribution in [3.63, 3.8) is 0 Å². The summed E-state index contributed by atoms with van der Waals surface area (Å²) in [7, 11) is 1.63. The zero-order valence-corrected chi connectivity index (χ0v) is 32.7. The van der Waals surface area contributed by atoms with E-state index >= 15 is 0 Å². The average molecular weight is 807 g/mol. The molecule has 22 nitrogen and oxygen atoms in total. The Hall–Kier alpha value is -2.79. The number of hydrogen-bond donors (Lipinski definition) is 5. The fourth-order valence-corrected chi connectivity index (χ4v) is 3.36. The van der Waals surface area contributed by atoms with Gasteiger partial charge in [0.2, 0.25) is 10.0 Å². The number of carbonyl (C=O) groups excluding carboxylic acids is 4. The molecule has 0 aromatic heterocycles. The first kappa shape index (κ1) is 54.0. The number of hydrazone groups is 1.